The highest BCUT2D eigenvalue weighted by atomic mass is 35.5. The number of hydrogen-bond donors (Lipinski definition) is 2. The molecule has 0 amide bonds. The van der Waals surface area contributed by atoms with Gasteiger partial charge in [0.25, 0.3) is 0 Å². The van der Waals surface area contributed by atoms with Gasteiger partial charge in [-0.3, -0.25) is 4.98 Å². The van der Waals surface area contributed by atoms with E-state index in [1.807, 2.05) is 6.20 Å². The van der Waals surface area contributed by atoms with Gasteiger partial charge in [0.15, 0.2) is 0 Å². The largest absolute Gasteiger partial charge is 0.506 e. The van der Waals surface area contributed by atoms with Crippen molar-refractivity contribution in [3.8, 4) is 5.75 Å². The topological polar surface area (TPSA) is 45.1 Å². The van der Waals surface area contributed by atoms with E-state index in [1.54, 1.807) is 35.0 Å². The third-order valence-corrected chi connectivity index (χ3v) is 2.98. The molecule has 0 atom stereocenters. The number of phenols is 1. The monoisotopic (exact) mass is 240 g/mol. The highest BCUT2D eigenvalue weighted by Crippen LogP contribution is 2.26. The van der Waals surface area contributed by atoms with Gasteiger partial charge in [-0.25, -0.2) is 0 Å². The lowest BCUT2D eigenvalue weighted by molar-refractivity contribution is 0.475. The van der Waals surface area contributed by atoms with Crippen molar-refractivity contribution in [2.45, 2.75) is 6.54 Å². The van der Waals surface area contributed by atoms with Crippen LogP contribution < -0.4 is 5.32 Å². The molecule has 15 heavy (non-hydrogen) atoms. The molecule has 0 aliphatic rings. The summed E-state index contributed by atoms with van der Waals surface area (Å²) in [7, 11) is 0. The SMILES string of the molecule is Oc1ccc(NCc2cncs2)cc1Cl. The first-order chi connectivity index (χ1) is 7.25. The lowest BCUT2D eigenvalue weighted by Crippen LogP contribution is -1.96. The van der Waals surface area contributed by atoms with Gasteiger partial charge < -0.3 is 10.4 Å². The molecule has 0 radical (unpaired) electrons. The summed E-state index contributed by atoms with van der Waals surface area (Å²) in [6.07, 6.45) is 1.82. The zero-order valence-electron chi connectivity index (χ0n) is 7.77. The van der Waals surface area contributed by atoms with E-state index in [9.17, 15) is 5.11 Å². The van der Waals surface area contributed by atoms with Crippen LogP contribution in [0.25, 0.3) is 0 Å². The summed E-state index contributed by atoms with van der Waals surface area (Å²) in [5, 5.41) is 12.8. The summed E-state index contributed by atoms with van der Waals surface area (Å²) in [4.78, 5) is 5.13. The Morgan fingerprint density at radius 3 is 3.00 bits per heavy atom. The van der Waals surface area contributed by atoms with Gasteiger partial charge in [-0.15, -0.1) is 11.3 Å². The molecule has 0 spiro atoms. The summed E-state index contributed by atoms with van der Waals surface area (Å²) in [5.41, 5.74) is 2.67. The van der Waals surface area contributed by atoms with Crippen LogP contribution in [0.4, 0.5) is 5.69 Å². The zero-order chi connectivity index (χ0) is 10.7. The second-order valence-electron chi connectivity index (χ2n) is 2.99. The molecule has 0 aliphatic heterocycles. The molecular weight excluding hydrogens is 232 g/mol. The second-order valence-corrected chi connectivity index (χ2v) is 4.37. The summed E-state index contributed by atoms with van der Waals surface area (Å²) in [6, 6.07) is 5.04. The normalized spacial score (nSPS) is 10.2. The summed E-state index contributed by atoms with van der Waals surface area (Å²) in [5.74, 6) is 0.0972. The molecule has 0 fully saturated rings. The predicted molar refractivity (Wildman–Crippen MR) is 62.6 cm³/mol. The highest BCUT2D eigenvalue weighted by Gasteiger charge is 2.00. The molecule has 78 valence electrons. The molecule has 1 heterocycles. The van der Waals surface area contributed by atoms with Crippen LogP contribution in [0.3, 0.4) is 0 Å². The number of hydrogen-bond acceptors (Lipinski definition) is 4. The van der Waals surface area contributed by atoms with E-state index in [1.165, 1.54) is 0 Å². The molecule has 3 nitrogen and oxygen atoms in total. The number of benzene rings is 1. The Kier molecular flexibility index (Phi) is 3.08. The Balaban J connectivity index is 2.02. The third kappa shape index (κ3) is 2.61. The number of nitrogens with one attached hydrogen (secondary N) is 1. The van der Waals surface area contributed by atoms with Gasteiger partial charge in [0, 0.05) is 16.8 Å². The van der Waals surface area contributed by atoms with Gasteiger partial charge >= 0.3 is 0 Å². The quantitative estimate of drug-likeness (QED) is 0.811. The fourth-order valence-corrected chi connectivity index (χ4v) is 1.85. The molecule has 2 rings (SSSR count). The summed E-state index contributed by atoms with van der Waals surface area (Å²) in [6.45, 7) is 0.714. The van der Waals surface area contributed by atoms with E-state index >= 15 is 0 Å². The van der Waals surface area contributed by atoms with Crippen molar-refractivity contribution in [1.29, 1.82) is 0 Å². The van der Waals surface area contributed by atoms with E-state index in [2.05, 4.69) is 10.3 Å². The van der Waals surface area contributed by atoms with Gasteiger partial charge in [0.2, 0.25) is 0 Å². The van der Waals surface area contributed by atoms with Crippen molar-refractivity contribution in [2.75, 3.05) is 5.32 Å². The minimum absolute atomic E-state index is 0.0972. The number of halogens is 1. The Bertz CT molecular complexity index is 445. The Morgan fingerprint density at radius 2 is 2.33 bits per heavy atom. The highest BCUT2D eigenvalue weighted by molar-refractivity contribution is 7.09. The summed E-state index contributed by atoms with van der Waals surface area (Å²) >= 11 is 7.37. The summed E-state index contributed by atoms with van der Waals surface area (Å²) < 4.78 is 0. The van der Waals surface area contributed by atoms with Gasteiger partial charge in [-0.2, -0.15) is 0 Å². The van der Waals surface area contributed by atoms with Gasteiger partial charge in [-0.1, -0.05) is 11.6 Å². The molecular formula is C10H9ClN2OS. The van der Waals surface area contributed by atoms with Crippen molar-refractivity contribution in [1.82, 2.24) is 4.98 Å². The van der Waals surface area contributed by atoms with Crippen LogP contribution in [0.5, 0.6) is 5.75 Å². The molecule has 2 N–H and O–H groups in total. The maximum absolute atomic E-state index is 9.23. The number of aromatic nitrogens is 1. The molecule has 0 saturated carbocycles. The van der Waals surface area contributed by atoms with Gasteiger partial charge in [0.05, 0.1) is 17.1 Å². The average Bonchev–Trinajstić information content (AvgIpc) is 2.73. The number of anilines is 1. The van der Waals surface area contributed by atoms with Crippen LogP contribution >= 0.6 is 22.9 Å². The third-order valence-electron chi connectivity index (χ3n) is 1.90. The van der Waals surface area contributed by atoms with Crippen LogP contribution in [-0.2, 0) is 6.54 Å². The molecule has 0 bridgehead atoms. The number of phenolic OH excluding ortho intramolecular Hbond substituents is 1. The van der Waals surface area contributed by atoms with Crippen LogP contribution in [0.15, 0.2) is 29.9 Å². The molecule has 1 aromatic carbocycles. The van der Waals surface area contributed by atoms with Crippen molar-refractivity contribution in [3.05, 3.63) is 39.8 Å². The first kappa shape index (κ1) is 10.3. The number of nitrogens with zero attached hydrogens (tertiary/aromatic N) is 1. The zero-order valence-corrected chi connectivity index (χ0v) is 9.35. The molecule has 0 unspecified atom stereocenters. The maximum Gasteiger partial charge on any atom is 0.134 e. The van der Waals surface area contributed by atoms with E-state index in [0.29, 0.717) is 11.6 Å². The first-order valence-electron chi connectivity index (χ1n) is 4.35. The van der Waals surface area contributed by atoms with E-state index in [0.717, 1.165) is 10.6 Å². The number of rotatable bonds is 3. The Hall–Kier alpha value is -1.26. The lowest BCUT2D eigenvalue weighted by Gasteiger charge is -2.05. The minimum Gasteiger partial charge on any atom is -0.506 e. The van der Waals surface area contributed by atoms with Crippen LogP contribution in [0, 0.1) is 0 Å². The first-order valence-corrected chi connectivity index (χ1v) is 5.61. The smallest absolute Gasteiger partial charge is 0.134 e. The van der Waals surface area contributed by atoms with Crippen molar-refractivity contribution >= 4 is 28.6 Å². The maximum atomic E-state index is 9.23. The minimum atomic E-state index is 0.0972. The lowest BCUT2D eigenvalue weighted by atomic mass is 10.3. The Labute approximate surface area is 96.4 Å². The predicted octanol–water partition coefficient (Wildman–Crippen LogP) is 3.11. The van der Waals surface area contributed by atoms with Crippen LogP contribution in [0.2, 0.25) is 5.02 Å². The molecule has 0 saturated heterocycles. The molecule has 5 heteroatoms. The van der Waals surface area contributed by atoms with Crippen molar-refractivity contribution < 1.29 is 5.11 Å². The van der Waals surface area contributed by atoms with Gasteiger partial charge in [0.1, 0.15) is 5.75 Å². The Morgan fingerprint density at radius 1 is 1.47 bits per heavy atom. The fraction of sp³-hybridized carbons (Fsp3) is 0.100. The van der Waals surface area contributed by atoms with Crippen LogP contribution in [0.1, 0.15) is 4.88 Å². The second kappa shape index (κ2) is 4.51. The van der Waals surface area contributed by atoms with Crippen molar-refractivity contribution in [3.63, 3.8) is 0 Å². The van der Waals surface area contributed by atoms with E-state index in [4.69, 9.17) is 11.6 Å². The van der Waals surface area contributed by atoms with Gasteiger partial charge in [-0.05, 0) is 18.2 Å². The standard InChI is InChI=1S/C10H9ClN2OS/c11-9-3-7(1-2-10(9)14)13-5-8-4-12-6-15-8/h1-4,6,13-14H,5H2. The van der Waals surface area contributed by atoms with Crippen LogP contribution in [-0.4, -0.2) is 10.1 Å². The number of aromatic hydroxyl groups is 1. The van der Waals surface area contributed by atoms with Crippen molar-refractivity contribution in [2.24, 2.45) is 0 Å². The van der Waals surface area contributed by atoms with E-state index < -0.39 is 0 Å². The fourth-order valence-electron chi connectivity index (χ4n) is 1.14. The average molecular weight is 241 g/mol. The molecule has 0 aliphatic carbocycles. The van der Waals surface area contributed by atoms with E-state index in [-0.39, 0.29) is 5.75 Å². The molecule has 2 aromatic rings. The molecule has 1 aromatic heterocycles. The number of thiazole rings is 1.